The van der Waals surface area contributed by atoms with Crippen LogP contribution < -0.4 is 5.73 Å². The number of carboxylic acids is 1. The Morgan fingerprint density at radius 3 is 2.20 bits per heavy atom. The Morgan fingerprint density at radius 2 is 1.90 bits per heavy atom. The summed E-state index contributed by atoms with van der Waals surface area (Å²) in [6.07, 6.45) is 0. The van der Waals surface area contributed by atoms with Gasteiger partial charge in [-0.2, -0.15) is 0 Å². The molecule has 0 aliphatic heterocycles. The minimum absolute atomic E-state index is 0.0789. The number of hydrogen-bond acceptors (Lipinski definition) is 3. The molecule has 5 nitrogen and oxygen atoms in total. The van der Waals surface area contributed by atoms with Crippen molar-refractivity contribution in [2.75, 3.05) is 0 Å². The van der Waals surface area contributed by atoms with Gasteiger partial charge in [-0.1, -0.05) is 0 Å². The van der Waals surface area contributed by atoms with Crippen LogP contribution in [0.15, 0.2) is 10.2 Å². The minimum Gasteiger partial charge on any atom is -0.477 e. The lowest BCUT2D eigenvalue weighted by Crippen LogP contribution is -2.09. The van der Waals surface area contributed by atoms with Crippen LogP contribution in [0.1, 0.15) is 13.8 Å². The normalized spacial score (nSPS) is 13.4. The highest BCUT2D eigenvalue weighted by Gasteiger charge is 1.99. The molecule has 0 aromatic carbocycles. The summed E-state index contributed by atoms with van der Waals surface area (Å²) in [7, 11) is 0. The quantitative estimate of drug-likeness (QED) is 0.319. The van der Waals surface area contributed by atoms with E-state index >= 15 is 0 Å². The van der Waals surface area contributed by atoms with Gasteiger partial charge in [0.15, 0.2) is 0 Å². The molecule has 0 heterocycles. The summed E-state index contributed by atoms with van der Waals surface area (Å²) in [6, 6.07) is 0. The average Bonchev–Trinajstić information content (AvgIpc) is 1.82. The Morgan fingerprint density at radius 1 is 1.40 bits per heavy atom. The van der Waals surface area contributed by atoms with Crippen LogP contribution in [0, 0.1) is 0 Å². The minimum atomic E-state index is -1.09. The standard InChI is InChI=1S/C5H9N3O2/c1-3(5(9)10)7-8-4(2)6/h1-2H3,(H2,6,8)(H,9,10)/b7-3+. The summed E-state index contributed by atoms with van der Waals surface area (Å²) in [5, 5.41) is 14.9. The van der Waals surface area contributed by atoms with E-state index in [1.165, 1.54) is 13.8 Å². The summed E-state index contributed by atoms with van der Waals surface area (Å²) in [6.45, 7) is 2.87. The van der Waals surface area contributed by atoms with Crippen molar-refractivity contribution < 1.29 is 9.90 Å². The van der Waals surface area contributed by atoms with Gasteiger partial charge in [-0.3, -0.25) is 0 Å². The van der Waals surface area contributed by atoms with Crippen molar-refractivity contribution >= 4 is 17.5 Å². The van der Waals surface area contributed by atoms with Crippen LogP contribution >= 0.6 is 0 Å². The lowest BCUT2D eigenvalue weighted by molar-refractivity contribution is -0.129. The molecule has 0 saturated heterocycles. The monoisotopic (exact) mass is 143 g/mol. The van der Waals surface area contributed by atoms with Crippen LogP contribution in [0.4, 0.5) is 0 Å². The molecule has 56 valence electrons. The average molecular weight is 143 g/mol. The zero-order valence-corrected chi connectivity index (χ0v) is 5.83. The molecule has 0 aliphatic rings. The zero-order valence-electron chi connectivity index (χ0n) is 5.83. The second-order valence-electron chi connectivity index (χ2n) is 1.73. The molecule has 0 unspecified atom stereocenters. The molecule has 0 spiro atoms. The maximum Gasteiger partial charge on any atom is 0.351 e. The van der Waals surface area contributed by atoms with Crippen molar-refractivity contribution in [3.8, 4) is 0 Å². The van der Waals surface area contributed by atoms with Crippen molar-refractivity contribution in [1.82, 2.24) is 0 Å². The summed E-state index contributed by atoms with van der Waals surface area (Å²) in [4.78, 5) is 10.1. The molecule has 3 N–H and O–H groups in total. The number of nitrogens with two attached hydrogens (primary N) is 1. The molecular weight excluding hydrogens is 134 g/mol. The molecule has 0 atom stereocenters. The van der Waals surface area contributed by atoms with E-state index in [4.69, 9.17) is 10.8 Å². The Bertz CT molecular complexity index is 191. The molecule has 0 fully saturated rings. The summed E-state index contributed by atoms with van der Waals surface area (Å²) < 4.78 is 0. The van der Waals surface area contributed by atoms with E-state index in [0.29, 0.717) is 0 Å². The third-order valence-electron chi connectivity index (χ3n) is 0.667. The molecule has 5 heteroatoms. The van der Waals surface area contributed by atoms with Gasteiger partial charge in [-0.15, -0.1) is 10.2 Å². The molecule has 0 bridgehead atoms. The fourth-order valence-corrected chi connectivity index (χ4v) is 0.197. The fourth-order valence-electron chi connectivity index (χ4n) is 0.197. The number of hydrogen-bond donors (Lipinski definition) is 2. The molecule has 0 aliphatic carbocycles. The Kier molecular flexibility index (Phi) is 3.10. The Hall–Kier alpha value is -1.39. The van der Waals surface area contributed by atoms with Gasteiger partial charge in [0.2, 0.25) is 0 Å². The SMILES string of the molecule is C/C(N)=N/N=C(\C)C(=O)O. The van der Waals surface area contributed by atoms with Crippen molar-refractivity contribution in [1.29, 1.82) is 0 Å². The fraction of sp³-hybridized carbons (Fsp3) is 0.400. The maximum absolute atomic E-state index is 10.1. The van der Waals surface area contributed by atoms with E-state index in [-0.39, 0.29) is 11.5 Å². The van der Waals surface area contributed by atoms with Gasteiger partial charge >= 0.3 is 5.97 Å². The van der Waals surface area contributed by atoms with Crippen molar-refractivity contribution in [3.63, 3.8) is 0 Å². The molecule has 0 amide bonds. The van der Waals surface area contributed by atoms with E-state index in [0.717, 1.165) is 0 Å². The first-order valence-corrected chi connectivity index (χ1v) is 2.61. The van der Waals surface area contributed by atoms with Crippen LogP contribution in [-0.4, -0.2) is 22.6 Å². The Balaban J connectivity index is 4.19. The lowest BCUT2D eigenvalue weighted by Gasteiger charge is -1.86. The molecule has 0 saturated carbocycles. The second kappa shape index (κ2) is 3.60. The van der Waals surface area contributed by atoms with Crippen LogP contribution in [0.5, 0.6) is 0 Å². The van der Waals surface area contributed by atoms with Crippen LogP contribution in [0.3, 0.4) is 0 Å². The third kappa shape index (κ3) is 3.59. The van der Waals surface area contributed by atoms with E-state index in [1.54, 1.807) is 0 Å². The topological polar surface area (TPSA) is 88.0 Å². The van der Waals surface area contributed by atoms with Gasteiger partial charge in [0, 0.05) is 0 Å². The van der Waals surface area contributed by atoms with E-state index in [2.05, 4.69) is 10.2 Å². The largest absolute Gasteiger partial charge is 0.477 e. The second-order valence-corrected chi connectivity index (χ2v) is 1.73. The number of carbonyl (C=O) groups is 1. The molecule has 0 radical (unpaired) electrons. The summed E-state index contributed by atoms with van der Waals surface area (Å²) >= 11 is 0. The third-order valence-corrected chi connectivity index (χ3v) is 0.667. The molecule has 0 rings (SSSR count). The van der Waals surface area contributed by atoms with Crippen molar-refractivity contribution in [2.24, 2.45) is 15.9 Å². The first-order valence-electron chi connectivity index (χ1n) is 2.61. The smallest absolute Gasteiger partial charge is 0.351 e. The summed E-state index contributed by atoms with van der Waals surface area (Å²) in [5.74, 6) is -0.856. The maximum atomic E-state index is 10.1. The van der Waals surface area contributed by atoms with Gasteiger partial charge in [-0.05, 0) is 13.8 Å². The number of carboxylic acid groups (broad SMARTS) is 1. The highest BCUT2D eigenvalue weighted by molar-refractivity contribution is 6.34. The van der Waals surface area contributed by atoms with Crippen LogP contribution in [0.25, 0.3) is 0 Å². The van der Waals surface area contributed by atoms with Crippen molar-refractivity contribution in [2.45, 2.75) is 13.8 Å². The predicted octanol–water partition coefficient (Wildman–Crippen LogP) is -0.176. The predicted molar refractivity (Wildman–Crippen MR) is 38.0 cm³/mol. The van der Waals surface area contributed by atoms with Gasteiger partial charge in [0.25, 0.3) is 0 Å². The molecule has 0 aromatic heterocycles. The van der Waals surface area contributed by atoms with E-state index in [9.17, 15) is 4.79 Å². The van der Waals surface area contributed by atoms with Gasteiger partial charge in [0.05, 0.1) is 0 Å². The van der Waals surface area contributed by atoms with E-state index in [1.807, 2.05) is 0 Å². The number of aliphatic carboxylic acids is 1. The zero-order chi connectivity index (χ0) is 8.15. The number of nitrogens with zero attached hydrogens (tertiary/aromatic N) is 2. The highest BCUT2D eigenvalue weighted by Crippen LogP contribution is 1.79. The molecule has 10 heavy (non-hydrogen) atoms. The lowest BCUT2D eigenvalue weighted by atomic mass is 10.4. The van der Waals surface area contributed by atoms with Crippen molar-refractivity contribution in [3.05, 3.63) is 0 Å². The molecule has 0 aromatic rings. The highest BCUT2D eigenvalue weighted by atomic mass is 16.4. The summed E-state index contributed by atoms with van der Waals surface area (Å²) in [5.41, 5.74) is 5.01. The number of rotatable bonds is 2. The number of amidine groups is 1. The van der Waals surface area contributed by atoms with Gasteiger partial charge < -0.3 is 10.8 Å². The van der Waals surface area contributed by atoms with Crippen LogP contribution in [0.2, 0.25) is 0 Å². The first kappa shape index (κ1) is 8.61. The van der Waals surface area contributed by atoms with Crippen LogP contribution in [-0.2, 0) is 4.79 Å². The van der Waals surface area contributed by atoms with Gasteiger partial charge in [-0.25, -0.2) is 4.79 Å². The van der Waals surface area contributed by atoms with E-state index < -0.39 is 5.97 Å². The molecular formula is C5H9N3O2. The van der Waals surface area contributed by atoms with Gasteiger partial charge in [0.1, 0.15) is 11.5 Å². The Labute approximate surface area is 58.3 Å². The first-order chi connectivity index (χ1) is 4.54.